The Morgan fingerprint density at radius 2 is 2.16 bits per heavy atom. The number of hydrogen-bond acceptors (Lipinski definition) is 5. The lowest BCUT2D eigenvalue weighted by Crippen LogP contribution is -2.45. The first kappa shape index (κ1) is 14.3. The van der Waals surface area contributed by atoms with Crippen molar-refractivity contribution in [2.75, 3.05) is 0 Å². The summed E-state index contributed by atoms with van der Waals surface area (Å²) in [6, 6.07) is -0.211. The quantitative estimate of drug-likeness (QED) is 0.826. The number of amides is 1. The third-order valence-electron chi connectivity index (χ3n) is 3.09. The van der Waals surface area contributed by atoms with Crippen LogP contribution in [-0.4, -0.2) is 26.5 Å². The van der Waals surface area contributed by atoms with Crippen molar-refractivity contribution in [1.29, 1.82) is 0 Å². The highest BCUT2D eigenvalue weighted by molar-refractivity contribution is 7.80. The number of nitrogens with two attached hydrogens (primary N) is 1. The van der Waals surface area contributed by atoms with Crippen LogP contribution in [0.4, 0.5) is 0 Å². The maximum atomic E-state index is 12.3. The lowest BCUT2D eigenvalue weighted by molar-refractivity contribution is 0.0945. The van der Waals surface area contributed by atoms with E-state index in [4.69, 9.17) is 18.0 Å². The van der Waals surface area contributed by atoms with Crippen molar-refractivity contribution < 1.29 is 4.79 Å². The highest BCUT2D eigenvalue weighted by Crippen LogP contribution is 2.33. The average molecular weight is 298 g/mol. The summed E-state index contributed by atoms with van der Waals surface area (Å²) in [4.78, 5) is 13.2. The molecule has 1 aromatic heterocycles. The number of nitrogens with zero attached hydrogens (tertiary/aromatic N) is 2. The van der Waals surface area contributed by atoms with Crippen molar-refractivity contribution in [2.45, 2.75) is 45.1 Å². The minimum Gasteiger partial charge on any atom is -0.392 e. The predicted molar refractivity (Wildman–Crippen MR) is 79.4 cm³/mol. The van der Waals surface area contributed by atoms with Crippen LogP contribution in [0.2, 0.25) is 0 Å². The van der Waals surface area contributed by atoms with Gasteiger partial charge in [0.2, 0.25) is 0 Å². The lowest BCUT2D eigenvalue weighted by atomic mass is 9.91. The zero-order chi connectivity index (χ0) is 14.2. The highest BCUT2D eigenvalue weighted by Gasteiger charge is 2.35. The number of hydrogen-bond donors (Lipinski definition) is 2. The van der Waals surface area contributed by atoms with Gasteiger partial charge in [-0.15, -0.1) is 5.10 Å². The summed E-state index contributed by atoms with van der Waals surface area (Å²) in [7, 11) is 0. The van der Waals surface area contributed by atoms with Crippen molar-refractivity contribution in [3.8, 4) is 0 Å². The molecule has 1 unspecified atom stereocenters. The Morgan fingerprint density at radius 1 is 1.53 bits per heavy atom. The number of thiocarbonyl (C=S) groups is 1. The van der Waals surface area contributed by atoms with Gasteiger partial charge in [0, 0.05) is 5.41 Å². The summed E-state index contributed by atoms with van der Waals surface area (Å²) in [6.45, 7) is 6.02. The van der Waals surface area contributed by atoms with Crippen molar-refractivity contribution in [3.63, 3.8) is 0 Å². The molecule has 0 spiro atoms. The van der Waals surface area contributed by atoms with Gasteiger partial charge in [0.1, 0.15) is 4.88 Å². The van der Waals surface area contributed by atoms with Crippen LogP contribution < -0.4 is 11.1 Å². The molecule has 7 heteroatoms. The minimum atomic E-state index is -0.211. The predicted octanol–water partition coefficient (Wildman–Crippen LogP) is 1.63. The second-order valence-corrected chi connectivity index (χ2v) is 7.12. The topological polar surface area (TPSA) is 80.9 Å². The third kappa shape index (κ3) is 3.27. The molecule has 0 aliphatic heterocycles. The molecule has 19 heavy (non-hydrogen) atoms. The minimum absolute atomic E-state index is 0.176. The van der Waals surface area contributed by atoms with Gasteiger partial charge >= 0.3 is 0 Å². The molecule has 1 saturated carbocycles. The molecular weight excluding hydrogens is 280 g/mol. The highest BCUT2D eigenvalue weighted by atomic mass is 32.1. The third-order valence-corrected chi connectivity index (χ3v) is 4.07. The molecule has 0 aromatic carbocycles. The van der Waals surface area contributed by atoms with Gasteiger partial charge in [-0.25, -0.2) is 0 Å². The van der Waals surface area contributed by atoms with Gasteiger partial charge < -0.3 is 11.1 Å². The summed E-state index contributed by atoms with van der Waals surface area (Å²) in [6.07, 6.45) is 2.13. The van der Waals surface area contributed by atoms with E-state index in [9.17, 15) is 4.79 Å². The van der Waals surface area contributed by atoms with Crippen LogP contribution >= 0.6 is 23.8 Å². The summed E-state index contributed by atoms with van der Waals surface area (Å²) < 4.78 is 3.89. The van der Waals surface area contributed by atoms with E-state index in [-0.39, 0.29) is 17.4 Å². The molecule has 2 rings (SSSR count). The van der Waals surface area contributed by atoms with E-state index in [1.165, 1.54) is 0 Å². The van der Waals surface area contributed by atoms with Crippen molar-refractivity contribution in [2.24, 2.45) is 11.7 Å². The lowest BCUT2D eigenvalue weighted by Gasteiger charge is -2.19. The summed E-state index contributed by atoms with van der Waals surface area (Å²) in [5, 5.41) is 6.98. The normalized spacial score (nSPS) is 17.0. The van der Waals surface area contributed by atoms with E-state index in [2.05, 4.69) is 14.9 Å². The van der Waals surface area contributed by atoms with E-state index in [0.29, 0.717) is 21.5 Å². The van der Waals surface area contributed by atoms with Gasteiger partial charge in [-0.2, -0.15) is 0 Å². The van der Waals surface area contributed by atoms with E-state index in [0.717, 1.165) is 24.4 Å². The zero-order valence-electron chi connectivity index (χ0n) is 11.3. The number of carbonyl (C=O) groups is 1. The van der Waals surface area contributed by atoms with Gasteiger partial charge in [0.05, 0.1) is 16.7 Å². The fourth-order valence-corrected chi connectivity index (χ4v) is 2.92. The SMILES string of the molecule is CC(C)(C)c1nnsc1C(=O)NC(C(N)=S)C1CC1. The van der Waals surface area contributed by atoms with E-state index in [1.807, 2.05) is 20.8 Å². The molecule has 1 aliphatic carbocycles. The Bertz CT molecular complexity index is 502. The summed E-state index contributed by atoms with van der Waals surface area (Å²) in [5.41, 5.74) is 6.20. The molecule has 1 amide bonds. The van der Waals surface area contributed by atoms with Crippen LogP contribution in [0.1, 0.15) is 49.0 Å². The number of carbonyl (C=O) groups excluding carboxylic acids is 1. The van der Waals surface area contributed by atoms with Gasteiger partial charge in [-0.1, -0.05) is 37.5 Å². The van der Waals surface area contributed by atoms with Crippen LogP contribution in [0.5, 0.6) is 0 Å². The Balaban J connectivity index is 2.16. The maximum absolute atomic E-state index is 12.3. The van der Waals surface area contributed by atoms with E-state index in [1.54, 1.807) is 0 Å². The first-order valence-corrected chi connectivity index (χ1v) is 7.42. The van der Waals surface area contributed by atoms with Crippen molar-refractivity contribution >= 4 is 34.6 Å². The Labute approximate surface area is 122 Å². The van der Waals surface area contributed by atoms with Crippen LogP contribution in [0, 0.1) is 5.92 Å². The molecule has 0 bridgehead atoms. The standard InChI is InChI=1S/C12H18N4OS2/c1-12(2,3)9-8(19-16-15-9)11(17)14-7(10(13)18)6-4-5-6/h6-7H,4-5H2,1-3H3,(H2,13,18)(H,14,17). The molecule has 1 atom stereocenters. The zero-order valence-corrected chi connectivity index (χ0v) is 12.9. The second kappa shape index (κ2) is 5.13. The molecule has 1 fully saturated rings. The van der Waals surface area contributed by atoms with Crippen LogP contribution in [0.15, 0.2) is 0 Å². The van der Waals surface area contributed by atoms with Gasteiger partial charge in [0.25, 0.3) is 5.91 Å². The van der Waals surface area contributed by atoms with Crippen molar-refractivity contribution in [1.82, 2.24) is 14.9 Å². The first-order valence-electron chi connectivity index (χ1n) is 6.23. The molecule has 1 heterocycles. The molecule has 5 nitrogen and oxygen atoms in total. The van der Waals surface area contributed by atoms with E-state index < -0.39 is 0 Å². The molecule has 0 radical (unpaired) electrons. The smallest absolute Gasteiger partial charge is 0.265 e. The number of nitrogens with one attached hydrogen (secondary N) is 1. The summed E-state index contributed by atoms with van der Waals surface area (Å²) in [5.74, 6) is 0.213. The van der Waals surface area contributed by atoms with Gasteiger partial charge in [-0.05, 0) is 30.3 Å². The van der Waals surface area contributed by atoms with Crippen LogP contribution in [-0.2, 0) is 5.41 Å². The number of aromatic nitrogens is 2. The molecule has 1 aliphatic rings. The monoisotopic (exact) mass is 298 g/mol. The molecule has 1 aromatic rings. The molecular formula is C12H18N4OS2. The number of rotatable bonds is 4. The molecule has 0 saturated heterocycles. The maximum Gasteiger partial charge on any atom is 0.265 e. The van der Waals surface area contributed by atoms with Gasteiger partial charge in [0.15, 0.2) is 0 Å². The Morgan fingerprint density at radius 3 is 2.63 bits per heavy atom. The van der Waals surface area contributed by atoms with Crippen LogP contribution in [0.3, 0.4) is 0 Å². The largest absolute Gasteiger partial charge is 0.392 e. The van der Waals surface area contributed by atoms with Crippen molar-refractivity contribution in [3.05, 3.63) is 10.6 Å². The fraction of sp³-hybridized carbons (Fsp3) is 0.667. The molecule has 3 N–H and O–H groups in total. The fourth-order valence-electron chi connectivity index (χ4n) is 1.89. The average Bonchev–Trinajstić information content (AvgIpc) is 2.98. The Kier molecular flexibility index (Phi) is 3.87. The second-order valence-electron chi connectivity index (χ2n) is 5.89. The van der Waals surface area contributed by atoms with Gasteiger partial charge in [-0.3, -0.25) is 4.79 Å². The Hall–Kier alpha value is -1.08. The molecule has 104 valence electrons. The van der Waals surface area contributed by atoms with Crippen LogP contribution in [0.25, 0.3) is 0 Å². The summed E-state index contributed by atoms with van der Waals surface area (Å²) >= 11 is 6.14. The van der Waals surface area contributed by atoms with E-state index >= 15 is 0 Å². The first-order chi connectivity index (χ1) is 8.80.